The minimum absolute atomic E-state index is 0.799. The first kappa shape index (κ1) is 15.1. The minimum atomic E-state index is 0.799. The molecule has 2 aromatic carbocycles. The van der Waals surface area contributed by atoms with Gasteiger partial charge in [-0.15, -0.1) is 0 Å². The van der Waals surface area contributed by atoms with Crippen LogP contribution in [0.2, 0.25) is 0 Å². The van der Waals surface area contributed by atoms with E-state index >= 15 is 0 Å². The van der Waals surface area contributed by atoms with Crippen LogP contribution < -0.4 is 5.73 Å². The van der Waals surface area contributed by atoms with Crippen molar-refractivity contribution < 1.29 is 0 Å². The van der Waals surface area contributed by atoms with E-state index in [0.717, 1.165) is 10.2 Å². The van der Waals surface area contributed by atoms with E-state index in [9.17, 15) is 0 Å². The summed E-state index contributed by atoms with van der Waals surface area (Å²) < 4.78 is 1.14. The van der Waals surface area contributed by atoms with Crippen molar-refractivity contribution in [2.45, 2.75) is 6.92 Å². The molecule has 0 aliphatic carbocycles. The molecule has 0 heterocycles. The van der Waals surface area contributed by atoms with E-state index < -0.39 is 0 Å². The molecule has 0 atom stereocenters. The molecule has 0 spiro atoms. The molecule has 1 nitrogen and oxygen atoms in total. The lowest BCUT2D eigenvalue weighted by atomic mass is 10.0. The summed E-state index contributed by atoms with van der Waals surface area (Å²) in [5, 5.41) is 0. The van der Waals surface area contributed by atoms with Crippen LogP contribution in [0.25, 0.3) is 11.1 Å². The van der Waals surface area contributed by atoms with Gasteiger partial charge in [-0.25, -0.2) is 0 Å². The molecule has 0 aliphatic heterocycles. The van der Waals surface area contributed by atoms with Crippen LogP contribution >= 0.6 is 27.7 Å². The van der Waals surface area contributed by atoms with Gasteiger partial charge in [0, 0.05) is 10.2 Å². The van der Waals surface area contributed by atoms with Gasteiger partial charge in [-0.2, -0.15) is 11.8 Å². The maximum absolute atomic E-state index is 5.65. The lowest BCUT2D eigenvalue weighted by Crippen LogP contribution is -1.84. The fourth-order valence-electron chi connectivity index (χ4n) is 1.50. The Morgan fingerprint density at radius 1 is 0.944 bits per heavy atom. The average Bonchev–Trinajstić information content (AvgIpc) is 2.35. The van der Waals surface area contributed by atoms with Crippen LogP contribution in [0.1, 0.15) is 5.56 Å². The molecule has 0 radical (unpaired) electrons. The Kier molecular flexibility index (Phi) is 6.30. The van der Waals surface area contributed by atoms with E-state index in [1.165, 1.54) is 16.7 Å². The van der Waals surface area contributed by atoms with Gasteiger partial charge in [0.1, 0.15) is 0 Å². The first-order valence-electron chi connectivity index (χ1n) is 5.60. The molecule has 18 heavy (non-hydrogen) atoms. The summed E-state index contributed by atoms with van der Waals surface area (Å²) >= 11 is 5.24. The van der Waals surface area contributed by atoms with Crippen LogP contribution in [-0.4, -0.2) is 12.5 Å². The van der Waals surface area contributed by atoms with E-state index in [2.05, 4.69) is 41.1 Å². The number of nitrogens with two attached hydrogens (primary N) is 1. The summed E-state index contributed by atoms with van der Waals surface area (Å²) in [5.41, 5.74) is 10.1. The number of nitrogen functional groups attached to an aromatic ring is 1. The highest BCUT2D eigenvalue weighted by molar-refractivity contribution is 9.10. The SMILES string of the molecule is CSC.Cc1cc(-c2ccc(N)cc2)ccc1Br. The molecule has 3 heteroatoms. The molecule has 0 aromatic heterocycles. The largest absolute Gasteiger partial charge is 0.399 e. The highest BCUT2D eigenvalue weighted by atomic mass is 79.9. The van der Waals surface area contributed by atoms with Crippen molar-refractivity contribution in [3.05, 3.63) is 52.5 Å². The van der Waals surface area contributed by atoms with Gasteiger partial charge in [0.05, 0.1) is 0 Å². The Labute approximate surface area is 122 Å². The third kappa shape index (κ3) is 4.39. The Hall–Kier alpha value is -0.930. The molecule has 0 amide bonds. The summed E-state index contributed by atoms with van der Waals surface area (Å²) in [6.45, 7) is 2.09. The number of anilines is 1. The van der Waals surface area contributed by atoms with Gasteiger partial charge in [0.25, 0.3) is 0 Å². The van der Waals surface area contributed by atoms with Crippen molar-refractivity contribution in [1.82, 2.24) is 0 Å². The van der Waals surface area contributed by atoms with Gasteiger partial charge in [-0.1, -0.05) is 40.2 Å². The first-order valence-corrected chi connectivity index (χ1v) is 8.03. The minimum Gasteiger partial charge on any atom is -0.399 e. The monoisotopic (exact) mass is 323 g/mol. The van der Waals surface area contributed by atoms with Gasteiger partial charge in [-0.3, -0.25) is 0 Å². The van der Waals surface area contributed by atoms with Crippen LogP contribution in [0, 0.1) is 6.92 Å². The van der Waals surface area contributed by atoms with Gasteiger partial charge in [0.15, 0.2) is 0 Å². The van der Waals surface area contributed by atoms with Crippen molar-refractivity contribution in [1.29, 1.82) is 0 Å². The van der Waals surface area contributed by atoms with Crippen LogP contribution in [0.4, 0.5) is 5.69 Å². The molecule has 0 fully saturated rings. The molecule has 2 N–H and O–H groups in total. The lowest BCUT2D eigenvalue weighted by molar-refractivity contribution is 1.43. The Morgan fingerprint density at radius 2 is 1.44 bits per heavy atom. The van der Waals surface area contributed by atoms with Crippen LogP contribution in [-0.2, 0) is 0 Å². The first-order chi connectivity index (χ1) is 8.58. The molecular formula is C15H18BrNS. The third-order valence-corrected chi connectivity index (χ3v) is 3.29. The second-order valence-corrected chi connectivity index (χ2v) is 5.67. The second kappa shape index (κ2) is 7.49. The molecule has 0 bridgehead atoms. The smallest absolute Gasteiger partial charge is 0.0314 e. The number of thioether (sulfide) groups is 1. The van der Waals surface area contributed by atoms with E-state index in [4.69, 9.17) is 5.73 Å². The third-order valence-electron chi connectivity index (χ3n) is 2.40. The van der Waals surface area contributed by atoms with Crippen molar-refractivity contribution >= 4 is 33.4 Å². The second-order valence-electron chi connectivity index (χ2n) is 3.99. The summed E-state index contributed by atoms with van der Waals surface area (Å²) in [6.07, 6.45) is 4.08. The maximum atomic E-state index is 5.65. The van der Waals surface area contributed by atoms with Crippen LogP contribution in [0.15, 0.2) is 46.9 Å². The molecule has 0 aliphatic rings. The number of halogens is 1. The van der Waals surface area contributed by atoms with E-state index in [1.807, 2.05) is 36.8 Å². The summed E-state index contributed by atoms with van der Waals surface area (Å²) in [6, 6.07) is 14.3. The predicted octanol–water partition coefficient (Wildman–Crippen LogP) is 4.99. The van der Waals surface area contributed by atoms with E-state index in [1.54, 1.807) is 11.8 Å². The molecule has 0 saturated carbocycles. The molecule has 2 rings (SSSR count). The van der Waals surface area contributed by atoms with Gasteiger partial charge >= 0.3 is 0 Å². The lowest BCUT2D eigenvalue weighted by Gasteiger charge is -2.04. The van der Waals surface area contributed by atoms with Crippen molar-refractivity contribution in [3.8, 4) is 11.1 Å². The number of hydrogen-bond acceptors (Lipinski definition) is 2. The van der Waals surface area contributed by atoms with Gasteiger partial charge < -0.3 is 5.73 Å². The standard InChI is InChI=1S/C13H12BrN.C2H6S/c1-9-8-11(4-7-13(9)14)10-2-5-12(15)6-3-10;1-3-2/h2-8H,15H2,1H3;1-2H3. The molecule has 96 valence electrons. The zero-order valence-electron chi connectivity index (χ0n) is 10.9. The van der Waals surface area contributed by atoms with Crippen molar-refractivity contribution in [2.24, 2.45) is 0 Å². The summed E-state index contributed by atoms with van der Waals surface area (Å²) in [4.78, 5) is 0. The predicted molar refractivity (Wildman–Crippen MR) is 88.2 cm³/mol. The van der Waals surface area contributed by atoms with Gasteiger partial charge in [-0.05, 0) is 54.3 Å². The molecule has 0 saturated heterocycles. The maximum Gasteiger partial charge on any atom is 0.0314 e. The van der Waals surface area contributed by atoms with Crippen LogP contribution in [0.5, 0.6) is 0 Å². The van der Waals surface area contributed by atoms with Crippen LogP contribution in [0.3, 0.4) is 0 Å². The molecule has 2 aromatic rings. The number of benzene rings is 2. The van der Waals surface area contributed by atoms with Crippen molar-refractivity contribution in [2.75, 3.05) is 18.2 Å². The highest BCUT2D eigenvalue weighted by Gasteiger charge is 1.99. The fraction of sp³-hybridized carbons (Fsp3) is 0.200. The Morgan fingerprint density at radius 3 is 1.94 bits per heavy atom. The van der Waals surface area contributed by atoms with Crippen molar-refractivity contribution in [3.63, 3.8) is 0 Å². The average molecular weight is 324 g/mol. The molecule has 0 unspecified atom stereocenters. The highest BCUT2D eigenvalue weighted by Crippen LogP contribution is 2.25. The zero-order chi connectivity index (χ0) is 13.5. The quantitative estimate of drug-likeness (QED) is 0.748. The van der Waals surface area contributed by atoms with Gasteiger partial charge in [0.2, 0.25) is 0 Å². The Bertz CT molecular complexity index is 494. The fourth-order valence-corrected chi connectivity index (χ4v) is 1.75. The molecular weight excluding hydrogens is 306 g/mol. The summed E-state index contributed by atoms with van der Waals surface area (Å²) in [5.74, 6) is 0. The Balaban J connectivity index is 0.000000492. The van der Waals surface area contributed by atoms with E-state index in [-0.39, 0.29) is 0 Å². The number of hydrogen-bond donors (Lipinski definition) is 1. The summed E-state index contributed by atoms with van der Waals surface area (Å²) in [7, 11) is 0. The number of aryl methyl sites for hydroxylation is 1. The number of rotatable bonds is 1. The van der Waals surface area contributed by atoms with E-state index in [0.29, 0.717) is 0 Å². The normalized spacial score (nSPS) is 9.56. The zero-order valence-corrected chi connectivity index (χ0v) is 13.3. The topological polar surface area (TPSA) is 26.0 Å².